The summed E-state index contributed by atoms with van der Waals surface area (Å²) in [6.07, 6.45) is 2.95. The highest BCUT2D eigenvalue weighted by Crippen LogP contribution is 2.26. The largest absolute Gasteiger partial charge is 0.337 e. The van der Waals surface area contributed by atoms with Gasteiger partial charge in [-0.15, -0.1) is 0 Å². The maximum absolute atomic E-state index is 12.8. The zero-order valence-corrected chi connectivity index (χ0v) is 18.1. The number of benzene rings is 1. The van der Waals surface area contributed by atoms with E-state index >= 15 is 0 Å². The normalized spacial score (nSPS) is 14.5. The zero-order valence-electron chi connectivity index (χ0n) is 16.6. The number of likely N-dealkylation sites (tertiary alicyclic amines) is 1. The molecule has 0 radical (unpaired) electrons. The van der Waals surface area contributed by atoms with Gasteiger partial charge < -0.3 is 10.2 Å². The molecule has 0 atom stereocenters. The fourth-order valence-electron chi connectivity index (χ4n) is 3.55. The van der Waals surface area contributed by atoms with Crippen LogP contribution in [0, 0.1) is 12.8 Å². The molecule has 4 rings (SSSR count). The van der Waals surface area contributed by atoms with E-state index in [9.17, 15) is 9.59 Å². The van der Waals surface area contributed by atoms with Gasteiger partial charge in [-0.2, -0.15) is 5.10 Å². The summed E-state index contributed by atoms with van der Waals surface area (Å²) in [5.41, 5.74) is 3.67. The molecule has 3 heterocycles. The molecule has 0 saturated carbocycles. The molecule has 154 valence electrons. The van der Waals surface area contributed by atoms with Gasteiger partial charge >= 0.3 is 0 Å². The molecule has 8 heteroatoms. The first-order valence-electron chi connectivity index (χ1n) is 9.84. The molecule has 0 unspecified atom stereocenters. The van der Waals surface area contributed by atoms with Gasteiger partial charge in [0.25, 0.3) is 5.91 Å². The lowest BCUT2D eigenvalue weighted by atomic mass is 9.95. The first kappa shape index (κ1) is 20.3. The lowest BCUT2D eigenvalue weighted by molar-refractivity contribution is -0.121. The number of aromatic nitrogens is 3. The van der Waals surface area contributed by atoms with Gasteiger partial charge in [0.15, 0.2) is 0 Å². The Kier molecular flexibility index (Phi) is 5.94. The average Bonchev–Trinajstić information content (AvgIpc) is 3.26. The van der Waals surface area contributed by atoms with E-state index < -0.39 is 0 Å². The number of nitrogens with one attached hydrogen (secondary N) is 2. The van der Waals surface area contributed by atoms with Crippen molar-refractivity contribution in [1.29, 1.82) is 0 Å². The first-order chi connectivity index (χ1) is 14.5. The van der Waals surface area contributed by atoms with Crippen molar-refractivity contribution in [2.24, 2.45) is 5.92 Å². The Balaban J connectivity index is 1.34. The highest BCUT2D eigenvalue weighted by atomic mass is 79.9. The zero-order chi connectivity index (χ0) is 21.1. The van der Waals surface area contributed by atoms with Gasteiger partial charge in [-0.05, 0) is 71.6 Å². The molecule has 0 spiro atoms. The minimum Gasteiger partial charge on any atom is -0.337 e. The number of pyridine rings is 1. The van der Waals surface area contributed by atoms with Crippen LogP contribution in [0.3, 0.4) is 0 Å². The van der Waals surface area contributed by atoms with Crippen molar-refractivity contribution >= 4 is 33.4 Å². The summed E-state index contributed by atoms with van der Waals surface area (Å²) in [6, 6.07) is 13.1. The number of rotatable bonds is 4. The number of nitrogens with zero attached hydrogens (tertiary/aromatic N) is 3. The van der Waals surface area contributed by atoms with Crippen molar-refractivity contribution in [2.75, 3.05) is 18.4 Å². The maximum Gasteiger partial charge on any atom is 0.271 e. The molecule has 1 aliphatic rings. The average molecular weight is 468 g/mol. The van der Waals surface area contributed by atoms with Crippen LogP contribution in [0.1, 0.15) is 28.9 Å². The number of aromatic amines is 1. The quantitative estimate of drug-likeness (QED) is 0.605. The van der Waals surface area contributed by atoms with Gasteiger partial charge in [0.2, 0.25) is 5.91 Å². The second-order valence-electron chi connectivity index (χ2n) is 7.42. The fraction of sp³-hybridized carbons (Fsp3) is 0.273. The highest BCUT2D eigenvalue weighted by Gasteiger charge is 2.29. The summed E-state index contributed by atoms with van der Waals surface area (Å²) in [5.74, 6) is -0.233. The van der Waals surface area contributed by atoms with Gasteiger partial charge in [-0.1, -0.05) is 12.1 Å². The smallest absolute Gasteiger partial charge is 0.271 e. The second-order valence-corrected chi connectivity index (χ2v) is 8.28. The number of amides is 2. The third kappa shape index (κ3) is 4.43. The molecule has 3 aromatic rings. The van der Waals surface area contributed by atoms with Crippen molar-refractivity contribution in [3.8, 4) is 11.4 Å². The van der Waals surface area contributed by atoms with Crippen LogP contribution in [0.5, 0.6) is 0 Å². The van der Waals surface area contributed by atoms with E-state index in [2.05, 4.69) is 36.4 Å². The maximum atomic E-state index is 12.8. The third-order valence-corrected chi connectivity index (χ3v) is 5.93. The molecule has 1 aromatic carbocycles. The Morgan fingerprint density at radius 1 is 1.13 bits per heavy atom. The summed E-state index contributed by atoms with van der Waals surface area (Å²) in [7, 11) is 0. The minimum atomic E-state index is -0.118. The van der Waals surface area contributed by atoms with Crippen LogP contribution in [0.15, 0.2) is 53.1 Å². The van der Waals surface area contributed by atoms with Crippen LogP contribution < -0.4 is 5.32 Å². The summed E-state index contributed by atoms with van der Waals surface area (Å²) in [5, 5.41) is 10.0. The number of hydrogen-bond donors (Lipinski definition) is 2. The van der Waals surface area contributed by atoms with E-state index in [4.69, 9.17) is 0 Å². The fourth-order valence-corrected chi connectivity index (χ4v) is 4.14. The molecule has 1 aliphatic heterocycles. The lowest BCUT2D eigenvalue weighted by Gasteiger charge is -2.31. The van der Waals surface area contributed by atoms with Crippen LogP contribution >= 0.6 is 15.9 Å². The Hall–Kier alpha value is -3.00. The monoisotopic (exact) mass is 467 g/mol. The van der Waals surface area contributed by atoms with Crippen LogP contribution in [-0.2, 0) is 4.79 Å². The molecular formula is C22H22BrN5O2. The van der Waals surface area contributed by atoms with E-state index in [1.54, 1.807) is 17.2 Å². The SMILES string of the molecule is Cc1ccc(NC(=O)C2CCN(C(=O)c3cc(-c4ccccn4)n[nH]3)CC2)c(Br)c1. The van der Waals surface area contributed by atoms with E-state index in [1.807, 2.05) is 43.3 Å². The molecule has 0 bridgehead atoms. The van der Waals surface area contributed by atoms with Crippen molar-refractivity contribution < 1.29 is 9.59 Å². The Bertz CT molecular complexity index is 1060. The van der Waals surface area contributed by atoms with Gasteiger partial charge in [-0.3, -0.25) is 19.7 Å². The predicted molar refractivity (Wildman–Crippen MR) is 118 cm³/mol. The predicted octanol–water partition coefficient (Wildman–Crippen LogP) is 4.03. The van der Waals surface area contributed by atoms with Crippen molar-refractivity contribution in [3.63, 3.8) is 0 Å². The van der Waals surface area contributed by atoms with Gasteiger partial charge in [0.05, 0.1) is 11.4 Å². The van der Waals surface area contributed by atoms with Crippen molar-refractivity contribution in [2.45, 2.75) is 19.8 Å². The molecule has 1 fully saturated rings. The topological polar surface area (TPSA) is 91.0 Å². The Morgan fingerprint density at radius 2 is 1.93 bits per heavy atom. The minimum absolute atomic E-state index is 0.00868. The van der Waals surface area contributed by atoms with Crippen molar-refractivity contribution in [3.05, 3.63) is 64.4 Å². The molecular weight excluding hydrogens is 446 g/mol. The molecule has 7 nitrogen and oxygen atoms in total. The van der Waals surface area contributed by atoms with Crippen LogP contribution in [0.2, 0.25) is 0 Å². The van der Waals surface area contributed by atoms with E-state index in [0.29, 0.717) is 43.0 Å². The van der Waals surface area contributed by atoms with Gasteiger partial charge in [0, 0.05) is 29.7 Å². The Morgan fingerprint density at radius 3 is 2.63 bits per heavy atom. The summed E-state index contributed by atoms with van der Waals surface area (Å²) in [6.45, 7) is 3.07. The van der Waals surface area contributed by atoms with Gasteiger partial charge in [0.1, 0.15) is 11.4 Å². The number of halogens is 1. The first-order valence-corrected chi connectivity index (χ1v) is 10.6. The lowest BCUT2D eigenvalue weighted by Crippen LogP contribution is -2.41. The summed E-state index contributed by atoms with van der Waals surface area (Å²) in [4.78, 5) is 31.5. The molecule has 0 aliphatic carbocycles. The number of H-pyrrole nitrogens is 1. The molecule has 1 saturated heterocycles. The molecule has 30 heavy (non-hydrogen) atoms. The van der Waals surface area contributed by atoms with E-state index in [-0.39, 0.29) is 17.7 Å². The van der Waals surface area contributed by atoms with Gasteiger partial charge in [-0.25, -0.2) is 0 Å². The number of carbonyl (C=O) groups excluding carboxylic acids is 2. The highest BCUT2D eigenvalue weighted by molar-refractivity contribution is 9.10. The summed E-state index contributed by atoms with van der Waals surface area (Å²) >= 11 is 3.49. The van der Waals surface area contributed by atoms with E-state index in [1.165, 1.54) is 0 Å². The second kappa shape index (κ2) is 8.79. The number of aryl methyl sites for hydroxylation is 1. The standard InChI is InChI=1S/C22H22BrN5O2/c1-14-5-6-17(16(23)12-14)25-21(29)15-7-10-28(11-8-15)22(30)20-13-19(26-27-20)18-4-2-3-9-24-18/h2-6,9,12-13,15H,7-8,10-11H2,1H3,(H,25,29)(H,26,27). The van der Waals surface area contributed by atoms with Crippen LogP contribution in [0.25, 0.3) is 11.4 Å². The Labute approximate surface area is 183 Å². The molecule has 2 amide bonds. The summed E-state index contributed by atoms with van der Waals surface area (Å²) < 4.78 is 0.867. The molecule has 2 aromatic heterocycles. The van der Waals surface area contributed by atoms with E-state index in [0.717, 1.165) is 15.7 Å². The van der Waals surface area contributed by atoms with Crippen LogP contribution in [0.4, 0.5) is 5.69 Å². The van der Waals surface area contributed by atoms with Crippen LogP contribution in [-0.4, -0.2) is 45.0 Å². The number of piperidine rings is 1. The number of carbonyl (C=O) groups is 2. The van der Waals surface area contributed by atoms with Crippen molar-refractivity contribution in [1.82, 2.24) is 20.1 Å². The number of hydrogen-bond acceptors (Lipinski definition) is 4. The molecule has 2 N–H and O–H groups in total. The number of anilines is 1. The third-order valence-electron chi connectivity index (χ3n) is 5.27.